The standard InChI is InChI=1S/C9H7ClN2O/c10-8-1-2-9-7(5-8)6-11-12(9)3-4-13/h1-2,4-6H,3H2. The molecule has 0 radical (unpaired) electrons. The zero-order valence-corrected chi connectivity index (χ0v) is 7.53. The first-order chi connectivity index (χ1) is 6.31. The van der Waals surface area contributed by atoms with Crippen molar-refractivity contribution in [3.05, 3.63) is 29.4 Å². The Bertz CT molecular complexity index is 450. The van der Waals surface area contributed by atoms with Crippen molar-refractivity contribution < 1.29 is 4.79 Å². The van der Waals surface area contributed by atoms with Gasteiger partial charge in [0.25, 0.3) is 0 Å². The van der Waals surface area contributed by atoms with Crippen molar-refractivity contribution in [1.82, 2.24) is 9.78 Å². The summed E-state index contributed by atoms with van der Waals surface area (Å²) in [5.41, 5.74) is 0.927. The molecule has 0 spiro atoms. The predicted octanol–water partition coefficient (Wildman–Crippen LogP) is 1.89. The van der Waals surface area contributed by atoms with Gasteiger partial charge in [0.15, 0.2) is 0 Å². The third-order valence-corrected chi connectivity index (χ3v) is 2.09. The van der Waals surface area contributed by atoms with E-state index in [1.54, 1.807) is 16.9 Å². The van der Waals surface area contributed by atoms with Crippen LogP contribution < -0.4 is 0 Å². The van der Waals surface area contributed by atoms with Crippen LogP contribution in [0.15, 0.2) is 24.4 Å². The van der Waals surface area contributed by atoms with Gasteiger partial charge in [-0.15, -0.1) is 0 Å². The Morgan fingerprint density at radius 3 is 3.15 bits per heavy atom. The van der Waals surface area contributed by atoms with Crippen LogP contribution in [0.1, 0.15) is 0 Å². The molecule has 0 bridgehead atoms. The summed E-state index contributed by atoms with van der Waals surface area (Å²) >= 11 is 5.80. The second-order valence-corrected chi connectivity index (χ2v) is 3.13. The summed E-state index contributed by atoms with van der Waals surface area (Å²) in [6.07, 6.45) is 2.52. The van der Waals surface area contributed by atoms with E-state index in [2.05, 4.69) is 5.10 Å². The van der Waals surface area contributed by atoms with Crippen molar-refractivity contribution in [3.63, 3.8) is 0 Å². The molecule has 0 atom stereocenters. The van der Waals surface area contributed by atoms with Crippen molar-refractivity contribution in [2.24, 2.45) is 0 Å². The Kier molecular flexibility index (Phi) is 2.02. The molecule has 0 saturated carbocycles. The van der Waals surface area contributed by atoms with Gasteiger partial charge in [0.2, 0.25) is 0 Å². The van der Waals surface area contributed by atoms with E-state index < -0.39 is 0 Å². The van der Waals surface area contributed by atoms with E-state index in [9.17, 15) is 4.79 Å². The molecule has 66 valence electrons. The predicted molar refractivity (Wildman–Crippen MR) is 50.8 cm³/mol. The molecule has 0 saturated heterocycles. The number of fused-ring (bicyclic) bond motifs is 1. The smallest absolute Gasteiger partial charge is 0.141 e. The number of rotatable bonds is 2. The lowest BCUT2D eigenvalue weighted by Gasteiger charge is -1.96. The number of hydrogen-bond donors (Lipinski definition) is 0. The highest BCUT2D eigenvalue weighted by atomic mass is 35.5. The molecule has 0 fully saturated rings. The van der Waals surface area contributed by atoms with E-state index in [-0.39, 0.29) is 6.54 Å². The molecule has 0 aliphatic rings. The molecule has 2 aromatic rings. The van der Waals surface area contributed by atoms with E-state index in [1.807, 2.05) is 12.1 Å². The lowest BCUT2D eigenvalue weighted by atomic mass is 10.2. The van der Waals surface area contributed by atoms with Gasteiger partial charge in [-0.3, -0.25) is 4.68 Å². The second-order valence-electron chi connectivity index (χ2n) is 2.70. The summed E-state index contributed by atoms with van der Waals surface area (Å²) in [6.45, 7) is 0.283. The lowest BCUT2D eigenvalue weighted by molar-refractivity contribution is -0.108. The first-order valence-electron chi connectivity index (χ1n) is 3.86. The topological polar surface area (TPSA) is 34.9 Å². The monoisotopic (exact) mass is 194 g/mol. The molecular formula is C9H7ClN2O. The third kappa shape index (κ3) is 1.42. The molecule has 0 unspecified atom stereocenters. The molecule has 0 amide bonds. The van der Waals surface area contributed by atoms with Crippen LogP contribution in [0.5, 0.6) is 0 Å². The van der Waals surface area contributed by atoms with Crippen LogP contribution in [0, 0.1) is 0 Å². The maximum atomic E-state index is 10.3. The maximum absolute atomic E-state index is 10.3. The summed E-state index contributed by atoms with van der Waals surface area (Å²) in [5.74, 6) is 0. The van der Waals surface area contributed by atoms with Crippen LogP contribution in [0.4, 0.5) is 0 Å². The molecule has 1 aromatic heterocycles. The number of benzene rings is 1. The Hall–Kier alpha value is -1.35. The van der Waals surface area contributed by atoms with Crippen LogP contribution in [-0.4, -0.2) is 16.1 Å². The van der Waals surface area contributed by atoms with E-state index in [4.69, 9.17) is 11.6 Å². The SMILES string of the molecule is O=CCn1ncc2cc(Cl)ccc21. The van der Waals surface area contributed by atoms with Crippen LogP contribution >= 0.6 is 11.6 Å². The van der Waals surface area contributed by atoms with E-state index in [1.165, 1.54) is 0 Å². The zero-order valence-electron chi connectivity index (χ0n) is 6.77. The molecule has 3 nitrogen and oxygen atoms in total. The molecule has 0 aliphatic carbocycles. The quantitative estimate of drug-likeness (QED) is 0.685. The molecule has 13 heavy (non-hydrogen) atoms. The molecule has 1 heterocycles. The van der Waals surface area contributed by atoms with Gasteiger partial charge in [-0.25, -0.2) is 0 Å². The zero-order chi connectivity index (χ0) is 9.26. The van der Waals surface area contributed by atoms with Crippen LogP contribution in [0.3, 0.4) is 0 Å². The summed E-state index contributed by atoms with van der Waals surface area (Å²) < 4.78 is 1.64. The second kappa shape index (κ2) is 3.18. The molecule has 0 N–H and O–H groups in total. The van der Waals surface area contributed by atoms with E-state index >= 15 is 0 Å². The van der Waals surface area contributed by atoms with Gasteiger partial charge in [0.05, 0.1) is 18.3 Å². The Labute approximate surface area is 79.9 Å². The average Bonchev–Trinajstić information content (AvgIpc) is 2.49. The number of nitrogens with zero attached hydrogens (tertiary/aromatic N) is 2. The molecule has 2 rings (SSSR count). The minimum absolute atomic E-state index is 0.283. The fourth-order valence-electron chi connectivity index (χ4n) is 1.27. The normalized spacial score (nSPS) is 10.5. The Morgan fingerprint density at radius 2 is 2.38 bits per heavy atom. The molecule has 1 aromatic carbocycles. The first-order valence-corrected chi connectivity index (χ1v) is 4.24. The van der Waals surface area contributed by atoms with Crippen molar-refractivity contribution in [2.75, 3.05) is 0 Å². The highest BCUT2D eigenvalue weighted by Gasteiger charge is 2.01. The summed E-state index contributed by atoms with van der Waals surface area (Å²) in [5, 5.41) is 5.68. The van der Waals surface area contributed by atoms with Crippen LogP contribution in [0.25, 0.3) is 10.9 Å². The fourth-order valence-corrected chi connectivity index (χ4v) is 1.45. The number of carbonyl (C=O) groups is 1. The first kappa shape index (κ1) is 8.26. The van der Waals surface area contributed by atoms with Crippen LogP contribution in [0.2, 0.25) is 5.02 Å². The van der Waals surface area contributed by atoms with E-state index in [0.717, 1.165) is 17.2 Å². The fraction of sp³-hybridized carbons (Fsp3) is 0.111. The number of hydrogen-bond acceptors (Lipinski definition) is 2. The van der Waals surface area contributed by atoms with Crippen molar-refractivity contribution >= 4 is 28.8 Å². The molecular weight excluding hydrogens is 188 g/mol. The number of carbonyl (C=O) groups excluding carboxylic acids is 1. The number of aldehydes is 1. The highest BCUT2D eigenvalue weighted by molar-refractivity contribution is 6.31. The van der Waals surface area contributed by atoms with Gasteiger partial charge in [0, 0.05) is 10.4 Å². The van der Waals surface area contributed by atoms with Crippen molar-refractivity contribution in [1.29, 1.82) is 0 Å². The van der Waals surface area contributed by atoms with Crippen molar-refractivity contribution in [3.8, 4) is 0 Å². The lowest BCUT2D eigenvalue weighted by Crippen LogP contribution is -1.99. The van der Waals surface area contributed by atoms with Gasteiger partial charge in [-0.1, -0.05) is 11.6 Å². The Morgan fingerprint density at radius 1 is 1.54 bits per heavy atom. The van der Waals surface area contributed by atoms with Gasteiger partial charge >= 0.3 is 0 Å². The van der Waals surface area contributed by atoms with Gasteiger partial charge in [-0.05, 0) is 18.2 Å². The van der Waals surface area contributed by atoms with E-state index in [0.29, 0.717) is 5.02 Å². The minimum atomic E-state index is 0.283. The highest BCUT2D eigenvalue weighted by Crippen LogP contribution is 2.18. The van der Waals surface area contributed by atoms with Crippen LogP contribution in [-0.2, 0) is 11.3 Å². The van der Waals surface area contributed by atoms with Gasteiger partial charge in [-0.2, -0.15) is 5.10 Å². The Balaban J connectivity index is 2.61. The maximum Gasteiger partial charge on any atom is 0.141 e. The molecule has 0 aliphatic heterocycles. The molecule has 4 heteroatoms. The summed E-state index contributed by atoms with van der Waals surface area (Å²) in [4.78, 5) is 10.3. The number of aromatic nitrogens is 2. The summed E-state index contributed by atoms with van der Waals surface area (Å²) in [7, 11) is 0. The van der Waals surface area contributed by atoms with Gasteiger partial charge < -0.3 is 4.79 Å². The third-order valence-electron chi connectivity index (χ3n) is 1.85. The largest absolute Gasteiger partial charge is 0.301 e. The summed E-state index contributed by atoms with van der Waals surface area (Å²) in [6, 6.07) is 5.46. The van der Waals surface area contributed by atoms with Gasteiger partial charge in [0.1, 0.15) is 6.29 Å². The van der Waals surface area contributed by atoms with Crippen molar-refractivity contribution in [2.45, 2.75) is 6.54 Å². The minimum Gasteiger partial charge on any atom is -0.301 e. The average molecular weight is 195 g/mol. The number of halogens is 1.